The summed E-state index contributed by atoms with van der Waals surface area (Å²) in [5.41, 5.74) is 6.60. The summed E-state index contributed by atoms with van der Waals surface area (Å²) in [5, 5.41) is 0.348. The molecular formula is C9H11ClN2O. The second-order valence-electron chi connectivity index (χ2n) is 2.78. The van der Waals surface area contributed by atoms with Crippen molar-refractivity contribution in [3.05, 3.63) is 28.5 Å². The van der Waals surface area contributed by atoms with Gasteiger partial charge in [-0.25, -0.2) is 4.98 Å². The minimum atomic E-state index is 0.00917. The second-order valence-corrected chi connectivity index (χ2v) is 3.17. The molecule has 1 heterocycles. The predicted octanol–water partition coefficient (Wildman–Crippen LogP) is 1.57. The van der Waals surface area contributed by atoms with Gasteiger partial charge in [0.05, 0.1) is 0 Å². The van der Waals surface area contributed by atoms with Crippen molar-refractivity contribution in [3.63, 3.8) is 0 Å². The van der Waals surface area contributed by atoms with Crippen molar-refractivity contribution in [2.45, 2.75) is 13.3 Å². The van der Waals surface area contributed by atoms with Crippen molar-refractivity contribution in [1.82, 2.24) is 4.98 Å². The summed E-state index contributed by atoms with van der Waals surface area (Å²) < 4.78 is 0. The van der Waals surface area contributed by atoms with E-state index in [0.717, 1.165) is 5.69 Å². The number of aryl methyl sites for hydroxylation is 1. The largest absolute Gasteiger partial charge is 0.330 e. The highest BCUT2D eigenvalue weighted by molar-refractivity contribution is 6.29. The van der Waals surface area contributed by atoms with E-state index in [2.05, 4.69) is 4.98 Å². The molecule has 0 aliphatic rings. The van der Waals surface area contributed by atoms with Crippen LogP contribution in [0, 0.1) is 6.92 Å². The average Bonchev–Trinajstić information content (AvgIpc) is 2.03. The van der Waals surface area contributed by atoms with Crippen LogP contribution in [0.15, 0.2) is 12.1 Å². The fraction of sp³-hybridized carbons (Fsp3) is 0.333. The molecular weight excluding hydrogens is 188 g/mol. The molecule has 0 amide bonds. The number of hydrogen-bond donors (Lipinski definition) is 1. The number of Topliss-reactive ketones (excluding diaryl/α,β-unsaturated/α-hetero) is 1. The normalized spacial score (nSPS) is 10.1. The van der Waals surface area contributed by atoms with Gasteiger partial charge in [-0.05, 0) is 25.6 Å². The monoisotopic (exact) mass is 198 g/mol. The number of nitrogens with zero attached hydrogens (tertiary/aromatic N) is 1. The first-order valence-electron chi connectivity index (χ1n) is 4.01. The van der Waals surface area contributed by atoms with E-state index in [-0.39, 0.29) is 5.78 Å². The first-order chi connectivity index (χ1) is 6.13. The molecule has 0 unspecified atom stereocenters. The molecule has 0 aliphatic heterocycles. The van der Waals surface area contributed by atoms with E-state index in [1.807, 2.05) is 0 Å². The van der Waals surface area contributed by atoms with Crippen LogP contribution in [-0.2, 0) is 0 Å². The molecule has 0 saturated heterocycles. The van der Waals surface area contributed by atoms with Crippen LogP contribution in [0.4, 0.5) is 0 Å². The van der Waals surface area contributed by atoms with Crippen LogP contribution < -0.4 is 5.73 Å². The molecule has 1 aromatic rings. The van der Waals surface area contributed by atoms with Crippen LogP contribution >= 0.6 is 11.6 Å². The molecule has 0 bridgehead atoms. The molecule has 0 radical (unpaired) electrons. The van der Waals surface area contributed by atoms with Gasteiger partial charge >= 0.3 is 0 Å². The third kappa shape index (κ3) is 2.79. The molecule has 13 heavy (non-hydrogen) atoms. The smallest absolute Gasteiger partial charge is 0.164 e. The zero-order valence-electron chi connectivity index (χ0n) is 7.38. The maximum atomic E-state index is 11.4. The first-order valence-corrected chi connectivity index (χ1v) is 4.38. The maximum absolute atomic E-state index is 11.4. The third-order valence-electron chi connectivity index (χ3n) is 1.62. The topological polar surface area (TPSA) is 56.0 Å². The summed E-state index contributed by atoms with van der Waals surface area (Å²) >= 11 is 5.70. The van der Waals surface area contributed by atoms with Crippen molar-refractivity contribution in [3.8, 4) is 0 Å². The Bertz CT molecular complexity index is 305. The molecule has 4 heteroatoms. The van der Waals surface area contributed by atoms with E-state index in [0.29, 0.717) is 23.7 Å². The van der Waals surface area contributed by atoms with Crippen molar-refractivity contribution >= 4 is 17.4 Å². The summed E-state index contributed by atoms with van der Waals surface area (Å²) in [6, 6.07) is 3.27. The van der Waals surface area contributed by atoms with Gasteiger partial charge in [0.25, 0.3) is 0 Å². The number of carbonyl (C=O) groups excluding carboxylic acids is 1. The van der Waals surface area contributed by atoms with Crippen molar-refractivity contribution in [1.29, 1.82) is 0 Å². The highest BCUT2D eigenvalue weighted by Gasteiger charge is 2.06. The third-order valence-corrected chi connectivity index (χ3v) is 1.81. The Labute approximate surface area is 81.9 Å². The number of rotatable bonds is 3. The van der Waals surface area contributed by atoms with E-state index in [1.54, 1.807) is 19.1 Å². The van der Waals surface area contributed by atoms with Crippen LogP contribution in [0.2, 0.25) is 5.15 Å². The van der Waals surface area contributed by atoms with Crippen molar-refractivity contribution in [2.24, 2.45) is 5.73 Å². The van der Waals surface area contributed by atoms with Crippen molar-refractivity contribution < 1.29 is 4.79 Å². The van der Waals surface area contributed by atoms with Gasteiger partial charge in [-0.1, -0.05) is 11.6 Å². The molecule has 3 nitrogen and oxygen atoms in total. The SMILES string of the molecule is Cc1cc(C(=O)CCN)cc(Cl)n1. The van der Waals surface area contributed by atoms with Crippen LogP contribution in [0.25, 0.3) is 0 Å². The number of ketones is 1. The van der Waals surface area contributed by atoms with Gasteiger partial charge in [0.1, 0.15) is 5.15 Å². The summed E-state index contributed by atoms with van der Waals surface area (Å²) in [4.78, 5) is 15.3. The standard InChI is InChI=1S/C9H11ClN2O/c1-6-4-7(5-9(10)12-6)8(13)2-3-11/h4-5H,2-3,11H2,1H3. The van der Waals surface area contributed by atoms with E-state index in [4.69, 9.17) is 17.3 Å². The lowest BCUT2D eigenvalue weighted by atomic mass is 10.1. The van der Waals surface area contributed by atoms with Gasteiger partial charge in [-0.15, -0.1) is 0 Å². The van der Waals surface area contributed by atoms with E-state index >= 15 is 0 Å². The second kappa shape index (κ2) is 4.35. The zero-order valence-corrected chi connectivity index (χ0v) is 8.14. The molecule has 1 aromatic heterocycles. The summed E-state index contributed by atoms with van der Waals surface area (Å²) in [7, 11) is 0. The molecule has 70 valence electrons. The molecule has 1 rings (SSSR count). The Kier molecular flexibility index (Phi) is 3.39. The number of nitrogens with two attached hydrogens (primary N) is 1. The lowest BCUT2D eigenvalue weighted by molar-refractivity contribution is 0.0985. The van der Waals surface area contributed by atoms with Crippen LogP contribution in [0.1, 0.15) is 22.5 Å². The Balaban J connectivity index is 2.94. The van der Waals surface area contributed by atoms with Gasteiger partial charge in [0.15, 0.2) is 5.78 Å². The van der Waals surface area contributed by atoms with E-state index in [9.17, 15) is 4.79 Å². The molecule has 0 atom stereocenters. The number of carbonyl (C=O) groups is 1. The molecule has 0 aliphatic carbocycles. The quantitative estimate of drug-likeness (QED) is 0.593. The maximum Gasteiger partial charge on any atom is 0.164 e. The number of aromatic nitrogens is 1. The highest BCUT2D eigenvalue weighted by Crippen LogP contribution is 2.11. The molecule has 0 spiro atoms. The number of pyridine rings is 1. The molecule has 2 N–H and O–H groups in total. The number of hydrogen-bond acceptors (Lipinski definition) is 3. The van der Waals surface area contributed by atoms with Crippen LogP contribution in [0.3, 0.4) is 0 Å². The number of halogens is 1. The Morgan fingerprint density at radius 3 is 2.85 bits per heavy atom. The van der Waals surface area contributed by atoms with Gasteiger partial charge < -0.3 is 5.73 Å². The van der Waals surface area contributed by atoms with Crippen LogP contribution in [0.5, 0.6) is 0 Å². The van der Waals surface area contributed by atoms with E-state index in [1.165, 1.54) is 0 Å². The minimum absolute atomic E-state index is 0.00917. The lowest BCUT2D eigenvalue weighted by Crippen LogP contribution is -2.08. The molecule has 0 aromatic carbocycles. The fourth-order valence-corrected chi connectivity index (χ4v) is 1.32. The summed E-state index contributed by atoms with van der Waals surface area (Å²) in [6.07, 6.45) is 0.347. The molecule has 0 saturated carbocycles. The summed E-state index contributed by atoms with van der Waals surface area (Å²) in [6.45, 7) is 2.16. The van der Waals surface area contributed by atoms with Gasteiger partial charge in [0, 0.05) is 17.7 Å². The van der Waals surface area contributed by atoms with Crippen molar-refractivity contribution in [2.75, 3.05) is 6.54 Å². The predicted molar refractivity (Wildman–Crippen MR) is 52.0 cm³/mol. The minimum Gasteiger partial charge on any atom is -0.330 e. The first kappa shape index (κ1) is 10.2. The van der Waals surface area contributed by atoms with E-state index < -0.39 is 0 Å². The van der Waals surface area contributed by atoms with Gasteiger partial charge in [-0.3, -0.25) is 4.79 Å². The Hall–Kier alpha value is -0.930. The van der Waals surface area contributed by atoms with Gasteiger partial charge in [-0.2, -0.15) is 0 Å². The Morgan fingerprint density at radius 1 is 1.62 bits per heavy atom. The average molecular weight is 199 g/mol. The highest BCUT2D eigenvalue weighted by atomic mass is 35.5. The van der Waals surface area contributed by atoms with Crippen LogP contribution in [-0.4, -0.2) is 17.3 Å². The summed E-state index contributed by atoms with van der Waals surface area (Å²) in [5.74, 6) is 0.00917. The molecule has 0 fully saturated rings. The fourth-order valence-electron chi connectivity index (χ4n) is 1.06. The van der Waals surface area contributed by atoms with Gasteiger partial charge in [0.2, 0.25) is 0 Å². The lowest BCUT2D eigenvalue weighted by Gasteiger charge is -2.00. The Morgan fingerprint density at radius 2 is 2.31 bits per heavy atom. The zero-order chi connectivity index (χ0) is 9.84.